The third-order valence-electron chi connectivity index (χ3n) is 3.52. The van der Waals surface area contributed by atoms with E-state index in [9.17, 15) is 14.4 Å². The molecule has 1 aromatic rings. The molecule has 142 valence electrons. The maximum atomic E-state index is 12.7. The van der Waals surface area contributed by atoms with Crippen LogP contribution in [-0.4, -0.2) is 36.2 Å². The maximum absolute atomic E-state index is 12.7. The Balaban J connectivity index is 2.12. The summed E-state index contributed by atoms with van der Waals surface area (Å²) in [6.45, 7) is 8.76. The van der Waals surface area contributed by atoms with Crippen molar-refractivity contribution in [2.45, 2.75) is 46.3 Å². The van der Waals surface area contributed by atoms with Crippen molar-refractivity contribution in [1.29, 1.82) is 0 Å². The van der Waals surface area contributed by atoms with Gasteiger partial charge in [-0.15, -0.1) is 0 Å². The zero-order chi connectivity index (χ0) is 19.5. The largest absolute Gasteiger partial charge is 0.479 e. The molecule has 0 spiro atoms. The van der Waals surface area contributed by atoms with Gasteiger partial charge in [0.2, 0.25) is 5.91 Å². The van der Waals surface area contributed by atoms with Crippen molar-refractivity contribution >= 4 is 29.3 Å². The van der Waals surface area contributed by atoms with E-state index in [1.165, 1.54) is 0 Å². The molecule has 3 amide bonds. The molecule has 1 aliphatic rings. The predicted octanol–water partition coefficient (Wildman–Crippen LogP) is 2.51. The van der Waals surface area contributed by atoms with Crippen LogP contribution in [0.5, 0.6) is 5.75 Å². The lowest BCUT2D eigenvalue weighted by atomic mass is 10.0. The van der Waals surface area contributed by atoms with Crippen LogP contribution in [0.1, 0.15) is 34.6 Å². The Morgan fingerprint density at radius 2 is 1.96 bits per heavy atom. The highest BCUT2D eigenvalue weighted by Crippen LogP contribution is 2.35. The molecule has 2 rings (SSSR count). The van der Waals surface area contributed by atoms with Gasteiger partial charge < -0.3 is 25.4 Å². The van der Waals surface area contributed by atoms with Crippen molar-refractivity contribution < 1.29 is 23.9 Å². The van der Waals surface area contributed by atoms with Gasteiger partial charge in [0.05, 0.1) is 11.4 Å². The molecular formula is C18H25N3O5. The molecule has 1 atom stereocenters. The lowest BCUT2D eigenvalue weighted by molar-refractivity contribution is -0.119. The monoisotopic (exact) mass is 363 g/mol. The van der Waals surface area contributed by atoms with Crippen LogP contribution in [0.2, 0.25) is 0 Å². The Bertz CT molecular complexity index is 709. The summed E-state index contributed by atoms with van der Waals surface area (Å²) in [6, 6.07) is 4.24. The van der Waals surface area contributed by atoms with Gasteiger partial charge in [-0.05, 0) is 38.8 Å². The second kappa shape index (κ2) is 7.63. The van der Waals surface area contributed by atoms with E-state index in [4.69, 9.17) is 9.47 Å². The number of carbonyl (C=O) groups excluding carboxylic acids is 3. The van der Waals surface area contributed by atoms with Crippen molar-refractivity contribution in [3.63, 3.8) is 0 Å². The highest BCUT2D eigenvalue weighted by molar-refractivity contribution is 6.02. The summed E-state index contributed by atoms with van der Waals surface area (Å²) in [4.78, 5) is 36.1. The van der Waals surface area contributed by atoms with Gasteiger partial charge in [-0.25, -0.2) is 4.79 Å². The Hall–Kier alpha value is -2.77. The number of ether oxygens (including phenoxy) is 2. The van der Waals surface area contributed by atoms with E-state index in [1.54, 1.807) is 39.0 Å². The average molecular weight is 363 g/mol. The maximum Gasteiger partial charge on any atom is 0.408 e. The SMILES string of the molecule is CC(C)C(NC(=O)OC(C)(C)C)C(=O)Nc1cccc2c1OCC(=O)N2. The normalized spacial score (nSPS) is 14.6. The van der Waals surface area contributed by atoms with E-state index in [0.29, 0.717) is 17.1 Å². The van der Waals surface area contributed by atoms with E-state index in [-0.39, 0.29) is 18.4 Å². The molecule has 8 nitrogen and oxygen atoms in total. The van der Waals surface area contributed by atoms with Crippen LogP contribution in [0, 0.1) is 5.92 Å². The summed E-state index contributed by atoms with van der Waals surface area (Å²) in [5, 5.41) is 8.02. The first kappa shape index (κ1) is 19.6. The van der Waals surface area contributed by atoms with Crippen LogP contribution in [0.3, 0.4) is 0 Å². The molecule has 0 aromatic heterocycles. The number of para-hydroxylation sites is 1. The van der Waals surface area contributed by atoms with Crippen LogP contribution >= 0.6 is 0 Å². The molecule has 1 aromatic carbocycles. The van der Waals surface area contributed by atoms with Crippen molar-refractivity contribution in [2.24, 2.45) is 5.92 Å². The molecule has 0 aliphatic carbocycles. The smallest absolute Gasteiger partial charge is 0.408 e. The number of hydrogen-bond donors (Lipinski definition) is 3. The number of carbonyl (C=O) groups is 3. The number of benzene rings is 1. The lowest BCUT2D eigenvalue weighted by Gasteiger charge is -2.26. The zero-order valence-corrected chi connectivity index (χ0v) is 15.6. The molecule has 0 saturated heterocycles. The number of rotatable bonds is 4. The summed E-state index contributed by atoms with van der Waals surface area (Å²) in [6.07, 6.45) is -0.662. The molecule has 26 heavy (non-hydrogen) atoms. The summed E-state index contributed by atoms with van der Waals surface area (Å²) in [5.41, 5.74) is 0.247. The van der Waals surface area contributed by atoms with Gasteiger partial charge in [-0.1, -0.05) is 19.9 Å². The summed E-state index contributed by atoms with van der Waals surface area (Å²) < 4.78 is 10.6. The lowest BCUT2D eigenvalue weighted by Crippen LogP contribution is -2.48. The van der Waals surface area contributed by atoms with Crippen molar-refractivity contribution in [3.05, 3.63) is 18.2 Å². The van der Waals surface area contributed by atoms with Crippen LogP contribution < -0.4 is 20.7 Å². The minimum Gasteiger partial charge on any atom is -0.479 e. The van der Waals surface area contributed by atoms with Crippen molar-refractivity contribution in [2.75, 3.05) is 17.2 Å². The third kappa shape index (κ3) is 5.11. The number of alkyl carbamates (subject to hydrolysis) is 1. The highest BCUT2D eigenvalue weighted by Gasteiger charge is 2.28. The van der Waals surface area contributed by atoms with E-state index >= 15 is 0 Å². The number of hydrogen-bond acceptors (Lipinski definition) is 5. The minimum absolute atomic E-state index is 0.121. The first-order valence-electron chi connectivity index (χ1n) is 8.43. The summed E-state index contributed by atoms with van der Waals surface area (Å²) >= 11 is 0. The molecule has 1 aliphatic heterocycles. The Morgan fingerprint density at radius 1 is 1.27 bits per heavy atom. The van der Waals surface area contributed by atoms with Crippen molar-refractivity contribution in [1.82, 2.24) is 5.32 Å². The number of fused-ring (bicyclic) bond motifs is 1. The van der Waals surface area contributed by atoms with Gasteiger partial charge in [-0.3, -0.25) is 9.59 Å². The second-order valence-corrected chi connectivity index (χ2v) is 7.38. The molecule has 0 fully saturated rings. The molecule has 0 radical (unpaired) electrons. The van der Waals surface area contributed by atoms with Gasteiger partial charge in [0, 0.05) is 0 Å². The fourth-order valence-corrected chi connectivity index (χ4v) is 2.39. The minimum atomic E-state index is -0.793. The summed E-state index contributed by atoms with van der Waals surface area (Å²) in [7, 11) is 0. The fraction of sp³-hybridized carbons (Fsp3) is 0.500. The van der Waals surface area contributed by atoms with Crippen LogP contribution in [0.25, 0.3) is 0 Å². The van der Waals surface area contributed by atoms with E-state index in [0.717, 1.165) is 0 Å². The van der Waals surface area contributed by atoms with Crippen LogP contribution in [0.15, 0.2) is 18.2 Å². The van der Waals surface area contributed by atoms with E-state index in [2.05, 4.69) is 16.0 Å². The Kier molecular flexibility index (Phi) is 5.74. The molecule has 1 heterocycles. The standard InChI is InChI=1S/C18H25N3O5/c1-10(2)14(21-17(24)26-18(3,4)5)16(23)20-12-8-6-7-11-15(12)25-9-13(22)19-11/h6-8,10,14H,9H2,1-5H3,(H,19,22)(H,20,23)(H,21,24). The van der Waals surface area contributed by atoms with Crippen LogP contribution in [-0.2, 0) is 14.3 Å². The highest BCUT2D eigenvalue weighted by atomic mass is 16.6. The molecule has 1 unspecified atom stereocenters. The number of anilines is 2. The second-order valence-electron chi connectivity index (χ2n) is 7.38. The summed E-state index contributed by atoms with van der Waals surface area (Å²) in [5.74, 6) is -0.435. The molecule has 0 saturated carbocycles. The first-order chi connectivity index (χ1) is 12.1. The Morgan fingerprint density at radius 3 is 2.58 bits per heavy atom. The molecular weight excluding hydrogens is 338 g/mol. The van der Waals surface area contributed by atoms with Gasteiger partial charge in [0.15, 0.2) is 12.4 Å². The van der Waals surface area contributed by atoms with Gasteiger partial charge >= 0.3 is 6.09 Å². The topological polar surface area (TPSA) is 106 Å². The van der Waals surface area contributed by atoms with E-state index < -0.39 is 23.6 Å². The number of nitrogens with one attached hydrogen (secondary N) is 3. The van der Waals surface area contributed by atoms with Crippen LogP contribution in [0.4, 0.5) is 16.2 Å². The third-order valence-corrected chi connectivity index (χ3v) is 3.52. The van der Waals surface area contributed by atoms with Crippen molar-refractivity contribution in [3.8, 4) is 5.75 Å². The van der Waals surface area contributed by atoms with Gasteiger partial charge in [0.1, 0.15) is 11.6 Å². The predicted molar refractivity (Wildman–Crippen MR) is 97.2 cm³/mol. The van der Waals surface area contributed by atoms with E-state index in [1.807, 2.05) is 13.8 Å². The first-order valence-corrected chi connectivity index (χ1v) is 8.43. The molecule has 0 bridgehead atoms. The van der Waals surface area contributed by atoms with Gasteiger partial charge in [0.25, 0.3) is 5.91 Å². The zero-order valence-electron chi connectivity index (χ0n) is 15.6. The number of amides is 3. The molecule has 8 heteroatoms. The quantitative estimate of drug-likeness (QED) is 0.762. The fourth-order valence-electron chi connectivity index (χ4n) is 2.39. The van der Waals surface area contributed by atoms with Gasteiger partial charge in [-0.2, -0.15) is 0 Å². The average Bonchev–Trinajstić information content (AvgIpc) is 2.50. The molecule has 3 N–H and O–H groups in total. The Labute approximate surface area is 152 Å².